The molecule has 0 aromatic heterocycles. The van der Waals surface area contributed by atoms with Crippen LogP contribution in [0, 0.1) is 0 Å². The molecule has 1 atom stereocenters. The molecule has 4 rings (SSSR count). The Morgan fingerprint density at radius 1 is 1.06 bits per heavy atom. The normalized spacial score (nSPS) is 16.1. The molecular formula is C27H32Cl2N2O4. The molecule has 2 aromatic carbocycles. The number of aryl methyl sites for hydroxylation is 1. The number of nitrogens with one attached hydrogen (secondary N) is 1. The number of rotatable bonds is 9. The lowest BCUT2D eigenvalue weighted by atomic mass is 9.95. The van der Waals surface area contributed by atoms with Gasteiger partial charge in [-0.2, -0.15) is 0 Å². The summed E-state index contributed by atoms with van der Waals surface area (Å²) in [6, 6.07) is 10.5. The molecule has 6 nitrogen and oxygen atoms in total. The van der Waals surface area contributed by atoms with Crippen LogP contribution >= 0.6 is 23.2 Å². The third-order valence-corrected chi connectivity index (χ3v) is 7.34. The molecule has 1 aliphatic carbocycles. The predicted octanol–water partition coefficient (Wildman–Crippen LogP) is 5.91. The highest BCUT2D eigenvalue weighted by Gasteiger charge is 2.30. The highest BCUT2D eigenvalue weighted by molar-refractivity contribution is 6.35. The van der Waals surface area contributed by atoms with Crippen LogP contribution in [-0.2, 0) is 22.6 Å². The van der Waals surface area contributed by atoms with Crippen LogP contribution in [0.2, 0.25) is 10.0 Å². The lowest BCUT2D eigenvalue weighted by molar-refractivity contribution is -0.141. The van der Waals surface area contributed by atoms with E-state index in [2.05, 4.69) is 5.32 Å². The summed E-state index contributed by atoms with van der Waals surface area (Å²) in [7, 11) is 0. The summed E-state index contributed by atoms with van der Waals surface area (Å²) in [6.07, 6.45) is 6.74. The molecule has 1 unspecified atom stereocenters. The molecule has 1 aliphatic heterocycles. The molecule has 1 saturated carbocycles. The fourth-order valence-electron chi connectivity index (χ4n) is 4.79. The van der Waals surface area contributed by atoms with Gasteiger partial charge in [-0.25, -0.2) is 0 Å². The lowest BCUT2D eigenvalue weighted by Crippen LogP contribution is -2.51. The first-order chi connectivity index (χ1) is 16.9. The van der Waals surface area contributed by atoms with Gasteiger partial charge in [-0.1, -0.05) is 61.5 Å². The fourth-order valence-corrected chi connectivity index (χ4v) is 5.26. The maximum Gasteiger partial charge on any atom is 0.243 e. The van der Waals surface area contributed by atoms with Crippen LogP contribution in [0.25, 0.3) is 0 Å². The molecule has 0 spiro atoms. The van der Waals surface area contributed by atoms with E-state index >= 15 is 0 Å². The van der Waals surface area contributed by atoms with Gasteiger partial charge in [0, 0.05) is 29.1 Å². The third-order valence-electron chi connectivity index (χ3n) is 6.76. The van der Waals surface area contributed by atoms with Crippen LogP contribution in [0.15, 0.2) is 36.4 Å². The van der Waals surface area contributed by atoms with Crippen molar-refractivity contribution in [1.82, 2.24) is 10.2 Å². The average molecular weight is 519 g/mol. The largest absolute Gasteiger partial charge is 0.454 e. The molecule has 2 aliphatic rings. The van der Waals surface area contributed by atoms with Crippen LogP contribution in [0.4, 0.5) is 0 Å². The van der Waals surface area contributed by atoms with Crippen molar-refractivity contribution in [2.24, 2.45) is 0 Å². The molecule has 0 bridgehead atoms. The Kier molecular flexibility index (Phi) is 8.79. The Morgan fingerprint density at radius 2 is 1.83 bits per heavy atom. The maximum atomic E-state index is 13.6. The molecular weight excluding hydrogens is 487 g/mol. The Hall–Kier alpha value is -2.44. The number of halogens is 2. The van der Waals surface area contributed by atoms with Crippen LogP contribution in [-0.4, -0.2) is 35.6 Å². The minimum atomic E-state index is -0.576. The van der Waals surface area contributed by atoms with Gasteiger partial charge in [0.2, 0.25) is 18.6 Å². The van der Waals surface area contributed by atoms with Gasteiger partial charge in [-0.3, -0.25) is 9.59 Å². The molecule has 1 heterocycles. The summed E-state index contributed by atoms with van der Waals surface area (Å²) in [6.45, 7) is 2.39. The van der Waals surface area contributed by atoms with Crippen molar-refractivity contribution in [3.05, 3.63) is 57.6 Å². The molecule has 1 fully saturated rings. The highest BCUT2D eigenvalue weighted by Crippen LogP contribution is 2.33. The van der Waals surface area contributed by atoms with Gasteiger partial charge in [0.05, 0.1) is 0 Å². The zero-order valence-corrected chi connectivity index (χ0v) is 21.5. The number of hydrogen-bond acceptors (Lipinski definition) is 4. The summed E-state index contributed by atoms with van der Waals surface area (Å²) in [5.41, 5.74) is 1.74. The van der Waals surface area contributed by atoms with E-state index in [0.29, 0.717) is 34.4 Å². The summed E-state index contributed by atoms with van der Waals surface area (Å²) in [4.78, 5) is 28.5. The van der Waals surface area contributed by atoms with Gasteiger partial charge in [0.15, 0.2) is 11.5 Å². The molecule has 2 amide bonds. The van der Waals surface area contributed by atoms with Crippen LogP contribution in [0.5, 0.6) is 11.5 Å². The molecule has 188 valence electrons. The predicted molar refractivity (Wildman–Crippen MR) is 137 cm³/mol. The molecule has 2 aromatic rings. The van der Waals surface area contributed by atoms with E-state index in [1.54, 1.807) is 17.0 Å². The van der Waals surface area contributed by atoms with Gasteiger partial charge < -0.3 is 19.7 Å². The van der Waals surface area contributed by atoms with Crippen molar-refractivity contribution >= 4 is 35.0 Å². The minimum Gasteiger partial charge on any atom is -0.454 e. The molecule has 1 N–H and O–H groups in total. The van der Waals surface area contributed by atoms with Crippen LogP contribution in [0.1, 0.15) is 63.0 Å². The van der Waals surface area contributed by atoms with E-state index in [4.69, 9.17) is 32.7 Å². The molecule has 35 heavy (non-hydrogen) atoms. The minimum absolute atomic E-state index is 0.0964. The first kappa shape index (κ1) is 25.6. The number of fused-ring (bicyclic) bond motifs is 1. The van der Waals surface area contributed by atoms with Gasteiger partial charge >= 0.3 is 0 Å². The fraction of sp³-hybridized carbons (Fsp3) is 0.481. The summed E-state index contributed by atoms with van der Waals surface area (Å²) in [5, 5.41) is 4.21. The van der Waals surface area contributed by atoms with Gasteiger partial charge in [-0.15, -0.1) is 0 Å². The SMILES string of the molecule is CCC(C(=O)NC1CCCCC1)N(Cc1ccc(Cl)cc1Cl)C(=O)CCc1ccc2c(c1)OCO2. The second-order valence-corrected chi connectivity index (χ2v) is 10.1. The maximum absolute atomic E-state index is 13.6. The van der Waals surface area contributed by atoms with Gasteiger partial charge in [-0.05, 0) is 61.1 Å². The Balaban J connectivity index is 1.50. The smallest absolute Gasteiger partial charge is 0.243 e. The van der Waals surface area contributed by atoms with Gasteiger partial charge in [0.25, 0.3) is 0 Å². The number of hydrogen-bond donors (Lipinski definition) is 1. The van der Waals surface area contributed by atoms with Crippen LogP contribution in [0.3, 0.4) is 0 Å². The number of carbonyl (C=O) groups is 2. The second kappa shape index (κ2) is 12.0. The number of carbonyl (C=O) groups excluding carboxylic acids is 2. The first-order valence-corrected chi connectivity index (χ1v) is 13.1. The van der Waals surface area contributed by atoms with Gasteiger partial charge in [0.1, 0.15) is 6.04 Å². The Bertz CT molecular complexity index is 1060. The van der Waals surface area contributed by atoms with Crippen molar-refractivity contribution < 1.29 is 19.1 Å². The quantitative estimate of drug-likeness (QED) is 0.447. The Morgan fingerprint density at radius 3 is 2.57 bits per heavy atom. The van der Waals surface area contributed by atoms with E-state index in [1.165, 1.54) is 6.42 Å². The number of benzene rings is 2. The zero-order valence-electron chi connectivity index (χ0n) is 20.0. The summed E-state index contributed by atoms with van der Waals surface area (Å²) in [5.74, 6) is 1.21. The van der Waals surface area contributed by atoms with Crippen molar-refractivity contribution in [3.63, 3.8) is 0 Å². The van der Waals surface area contributed by atoms with Crippen LogP contribution < -0.4 is 14.8 Å². The van der Waals surface area contributed by atoms with Crippen molar-refractivity contribution in [1.29, 1.82) is 0 Å². The average Bonchev–Trinajstić information content (AvgIpc) is 3.32. The number of nitrogens with zero attached hydrogens (tertiary/aromatic N) is 1. The van der Waals surface area contributed by atoms with Crippen molar-refractivity contribution in [3.8, 4) is 11.5 Å². The standard InChI is InChI=1S/C27H32Cl2N2O4/c1-2-23(27(33)30-21-6-4-3-5-7-21)31(16-19-10-11-20(28)15-22(19)29)26(32)13-9-18-8-12-24-25(14-18)35-17-34-24/h8,10-12,14-15,21,23H,2-7,9,13,16-17H2,1H3,(H,30,33). The number of ether oxygens (including phenoxy) is 2. The zero-order chi connectivity index (χ0) is 24.8. The topological polar surface area (TPSA) is 67.9 Å². The van der Waals surface area contributed by atoms with E-state index in [9.17, 15) is 9.59 Å². The summed E-state index contributed by atoms with van der Waals surface area (Å²) < 4.78 is 10.8. The first-order valence-electron chi connectivity index (χ1n) is 12.4. The Labute approximate surface area is 216 Å². The van der Waals surface area contributed by atoms with Crippen molar-refractivity contribution in [2.75, 3.05) is 6.79 Å². The summed E-state index contributed by atoms with van der Waals surface area (Å²) >= 11 is 12.5. The third kappa shape index (κ3) is 6.62. The van der Waals surface area contributed by atoms with E-state index in [-0.39, 0.29) is 37.6 Å². The van der Waals surface area contributed by atoms with E-state index in [0.717, 1.165) is 36.8 Å². The second-order valence-electron chi connectivity index (χ2n) is 9.21. The molecule has 8 heteroatoms. The number of amides is 2. The monoisotopic (exact) mass is 518 g/mol. The lowest BCUT2D eigenvalue weighted by Gasteiger charge is -2.33. The highest BCUT2D eigenvalue weighted by atomic mass is 35.5. The van der Waals surface area contributed by atoms with E-state index < -0.39 is 6.04 Å². The van der Waals surface area contributed by atoms with Crippen molar-refractivity contribution in [2.45, 2.75) is 76.9 Å². The molecule has 0 radical (unpaired) electrons. The molecule has 0 saturated heterocycles. The van der Waals surface area contributed by atoms with E-state index in [1.807, 2.05) is 31.2 Å².